The minimum absolute atomic E-state index is 0.0174. The number of hydrogen-bond acceptors (Lipinski definition) is 5. The summed E-state index contributed by atoms with van der Waals surface area (Å²) in [7, 11) is 0. The van der Waals surface area contributed by atoms with Crippen molar-refractivity contribution in [3.8, 4) is 0 Å². The molecule has 3 atom stereocenters. The van der Waals surface area contributed by atoms with E-state index in [9.17, 15) is 24.3 Å². The van der Waals surface area contributed by atoms with Gasteiger partial charge in [0.15, 0.2) is 0 Å². The lowest BCUT2D eigenvalue weighted by Gasteiger charge is -2.38. The van der Waals surface area contributed by atoms with Crippen molar-refractivity contribution in [3.05, 3.63) is 108 Å². The van der Waals surface area contributed by atoms with E-state index in [1.165, 1.54) is 6.92 Å². The summed E-state index contributed by atoms with van der Waals surface area (Å²) < 4.78 is 0. The van der Waals surface area contributed by atoms with Crippen LogP contribution in [-0.4, -0.2) is 51.8 Å². The van der Waals surface area contributed by atoms with E-state index in [4.69, 9.17) is 5.73 Å². The summed E-state index contributed by atoms with van der Waals surface area (Å²) in [5, 5.41) is 12.8. The van der Waals surface area contributed by atoms with Crippen molar-refractivity contribution in [2.45, 2.75) is 31.5 Å². The minimum Gasteiger partial charge on any atom is -0.465 e. The zero-order valence-electron chi connectivity index (χ0n) is 20.5. The first-order valence-corrected chi connectivity index (χ1v) is 12.0. The first kappa shape index (κ1) is 25.8. The van der Waals surface area contributed by atoms with Crippen LogP contribution in [0.3, 0.4) is 0 Å². The molecule has 0 radical (unpaired) electrons. The van der Waals surface area contributed by atoms with Crippen molar-refractivity contribution in [1.29, 1.82) is 0 Å². The molecule has 8 nitrogen and oxygen atoms in total. The molecule has 3 aromatic carbocycles. The maximum Gasteiger partial charge on any atom is 0.408 e. The van der Waals surface area contributed by atoms with Crippen molar-refractivity contribution in [2.24, 2.45) is 11.1 Å². The summed E-state index contributed by atoms with van der Waals surface area (Å²) >= 11 is 0. The average molecular weight is 500 g/mol. The van der Waals surface area contributed by atoms with Gasteiger partial charge in [0.05, 0.1) is 11.5 Å². The van der Waals surface area contributed by atoms with Crippen LogP contribution in [0.2, 0.25) is 0 Å². The number of Topliss-reactive ketones (excluding diaryl/α,β-unsaturated/α-hetero) is 2. The van der Waals surface area contributed by atoms with Crippen LogP contribution in [0.1, 0.15) is 28.4 Å². The highest BCUT2D eigenvalue weighted by atomic mass is 16.4. The minimum atomic E-state index is -1.67. The van der Waals surface area contributed by atoms with Crippen LogP contribution in [0.25, 0.3) is 0 Å². The molecule has 190 valence electrons. The third-order valence-corrected chi connectivity index (χ3v) is 6.98. The number of amides is 2. The molecule has 8 heteroatoms. The van der Waals surface area contributed by atoms with Crippen molar-refractivity contribution in [3.63, 3.8) is 0 Å². The Morgan fingerprint density at radius 1 is 0.892 bits per heavy atom. The number of hydrogen-bond donors (Lipinski definition) is 3. The molecular formula is C29H29N3O5. The monoisotopic (exact) mass is 499 g/mol. The molecule has 0 aliphatic carbocycles. The summed E-state index contributed by atoms with van der Waals surface area (Å²) in [6, 6.07) is 25.0. The van der Waals surface area contributed by atoms with Gasteiger partial charge < -0.3 is 16.2 Å². The average Bonchev–Trinajstić information content (AvgIpc) is 3.12. The summed E-state index contributed by atoms with van der Waals surface area (Å²) in [5.41, 5.74) is 4.97. The Balaban J connectivity index is 1.81. The number of carbonyl (C=O) groups is 4. The molecule has 37 heavy (non-hydrogen) atoms. The molecule has 0 bridgehead atoms. The first-order valence-electron chi connectivity index (χ1n) is 12.0. The Hall–Kier alpha value is -4.30. The SMILES string of the molecule is C[C@]1(N)[C@@H](NC(=O)c2ccccc2)[C@@](Cc2ccccc2)(C(=O)C(=O)Cc2ccccc2)CN1C(=O)O. The number of likely N-dealkylation sites (tertiary alicyclic amines) is 1. The number of rotatable bonds is 8. The van der Waals surface area contributed by atoms with Crippen LogP contribution in [0.4, 0.5) is 4.79 Å². The number of nitrogens with two attached hydrogens (primary N) is 1. The summed E-state index contributed by atoms with van der Waals surface area (Å²) in [6.45, 7) is 1.11. The highest BCUT2D eigenvalue weighted by molar-refractivity contribution is 6.40. The Morgan fingerprint density at radius 2 is 1.41 bits per heavy atom. The van der Waals surface area contributed by atoms with E-state index < -0.39 is 40.7 Å². The summed E-state index contributed by atoms with van der Waals surface area (Å²) in [6.07, 6.45) is -1.48. The number of carboxylic acid groups (broad SMARTS) is 1. The predicted octanol–water partition coefficient (Wildman–Crippen LogP) is 3.06. The Labute approximate surface area is 215 Å². The van der Waals surface area contributed by atoms with E-state index in [2.05, 4.69) is 5.32 Å². The lowest BCUT2D eigenvalue weighted by molar-refractivity contribution is -0.143. The summed E-state index contributed by atoms with van der Waals surface area (Å²) in [5.74, 6) is -1.96. The second kappa shape index (κ2) is 10.4. The normalized spacial score (nSPS) is 22.9. The topological polar surface area (TPSA) is 130 Å². The maximum absolute atomic E-state index is 14.1. The number of nitrogens with one attached hydrogen (secondary N) is 1. The number of nitrogens with zero attached hydrogens (tertiary/aromatic N) is 1. The van der Waals surface area contributed by atoms with Crippen molar-refractivity contribution in [2.75, 3.05) is 6.54 Å². The number of carbonyl (C=O) groups excluding carboxylic acids is 3. The molecule has 0 saturated carbocycles. The smallest absolute Gasteiger partial charge is 0.408 e. The van der Waals surface area contributed by atoms with Gasteiger partial charge in [-0.05, 0) is 36.6 Å². The Bertz CT molecular complexity index is 1290. The molecule has 1 heterocycles. The number of benzene rings is 3. The van der Waals surface area contributed by atoms with Gasteiger partial charge in [-0.25, -0.2) is 4.79 Å². The van der Waals surface area contributed by atoms with E-state index >= 15 is 0 Å². The summed E-state index contributed by atoms with van der Waals surface area (Å²) in [4.78, 5) is 54.0. The van der Waals surface area contributed by atoms with Crippen LogP contribution < -0.4 is 11.1 Å². The van der Waals surface area contributed by atoms with E-state index in [-0.39, 0.29) is 19.4 Å². The third kappa shape index (κ3) is 5.15. The van der Waals surface area contributed by atoms with Crippen LogP contribution in [0, 0.1) is 5.41 Å². The van der Waals surface area contributed by atoms with Crippen molar-refractivity contribution < 1.29 is 24.3 Å². The second-order valence-corrected chi connectivity index (χ2v) is 9.60. The van der Waals surface area contributed by atoms with E-state index in [0.717, 1.165) is 4.90 Å². The maximum atomic E-state index is 14.1. The second-order valence-electron chi connectivity index (χ2n) is 9.60. The quantitative estimate of drug-likeness (QED) is 0.409. The zero-order chi connectivity index (χ0) is 26.6. The standard InChI is InChI=1S/C29H29N3O5/c1-28(30)26(31-25(35)22-15-9-4-10-16-22)29(19-32(28)27(36)37,18-21-13-7-3-8-14-21)24(34)23(33)17-20-11-5-2-6-12-20/h2-16,26H,17-19,30H2,1H3,(H,31,35)(H,36,37)/t26-,28-,29-/m1/s1. The molecule has 3 aromatic rings. The van der Waals surface area contributed by atoms with Gasteiger partial charge in [-0.1, -0.05) is 78.9 Å². The fourth-order valence-electron chi connectivity index (χ4n) is 5.16. The first-order chi connectivity index (χ1) is 17.6. The number of ketones is 2. The van der Waals surface area contributed by atoms with Gasteiger partial charge in [0.1, 0.15) is 5.66 Å². The molecule has 2 amide bonds. The molecule has 0 unspecified atom stereocenters. The highest BCUT2D eigenvalue weighted by Gasteiger charge is 2.64. The molecule has 1 saturated heterocycles. The molecule has 1 fully saturated rings. The molecule has 1 aliphatic rings. The van der Waals surface area contributed by atoms with Crippen LogP contribution in [0.15, 0.2) is 91.0 Å². The van der Waals surface area contributed by atoms with E-state index in [0.29, 0.717) is 16.7 Å². The van der Waals surface area contributed by atoms with E-state index in [1.54, 1.807) is 78.9 Å². The molecule has 1 aliphatic heterocycles. The van der Waals surface area contributed by atoms with Crippen molar-refractivity contribution in [1.82, 2.24) is 10.2 Å². The van der Waals surface area contributed by atoms with Gasteiger partial charge in [-0.2, -0.15) is 0 Å². The fourth-order valence-corrected chi connectivity index (χ4v) is 5.16. The van der Waals surface area contributed by atoms with Crippen molar-refractivity contribution >= 4 is 23.6 Å². The molecular weight excluding hydrogens is 470 g/mol. The third-order valence-electron chi connectivity index (χ3n) is 6.98. The van der Waals surface area contributed by atoms with Gasteiger partial charge in [0, 0.05) is 18.5 Å². The predicted molar refractivity (Wildman–Crippen MR) is 138 cm³/mol. The molecule has 4 rings (SSSR count). The van der Waals surface area contributed by atoms with Gasteiger partial charge in [-0.3, -0.25) is 19.3 Å². The Morgan fingerprint density at radius 3 is 1.95 bits per heavy atom. The lowest BCUT2D eigenvalue weighted by Crippen LogP contribution is -2.65. The van der Waals surface area contributed by atoms with Gasteiger partial charge in [0.25, 0.3) is 5.91 Å². The molecule has 4 N–H and O–H groups in total. The van der Waals surface area contributed by atoms with Crippen LogP contribution in [-0.2, 0) is 22.4 Å². The van der Waals surface area contributed by atoms with Gasteiger partial charge >= 0.3 is 6.09 Å². The lowest BCUT2D eigenvalue weighted by atomic mass is 9.69. The van der Waals surface area contributed by atoms with Gasteiger partial charge in [-0.15, -0.1) is 0 Å². The fraction of sp³-hybridized carbons (Fsp3) is 0.241. The molecule has 0 aromatic heterocycles. The Kier molecular flexibility index (Phi) is 7.22. The van der Waals surface area contributed by atoms with Crippen LogP contribution >= 0.6 is 0 Å². The van der Waals surface area contributed by atoms with E-state index in [1.807, 2.05) is 12.1 Å². The highest BCUT2D eigenvalue weighted by Crippen LogP contribution is 2.43. The zero-order valence-corrected chi connectivity index (χ0v) is 20.5. The van der Waals surface area contributed by atoms with Gasteiger partial charge in [0.2, 0.25) is 11.6 Å². The largest absolute Gasteiger partial charge is 0.465 e. The van der Waals surface area contributed by atoms with Crippen LogP contribution in [0.5, 0.6) is 0 Å². The molecule has 0 spiro atoms.